The fourth-order valence-corrected chi connectivity index (χ4v) is 13.9. The maximum absolute atomic E-state index is 11.7. The van der Waals surface area contributed by atoms with E-state index in [0.717, 1.165) is 205 Å². The molecule has 12 heteroatoms. The first kappa shape index (κ1) is 133. The number of carbonyl (C=O) groups excluding carboxylic acids is 6. The molecule has 0 saturated heterocycles. The third kappa shape index (κ3) is 140. The smallest absolute Gasteiger partial charge is 0.305 e. The summed E-state index contributed by atoms with van der Waals surface area (Å²) in [7, 11) is 0. The predicted molar refractivity (Wildman–Crippen MR) is 562 cm³/mol. The first-order valence-corrected chi connectivity index (χ1v) is 53.6. The quantitative estimate of drug-likeness (QED) is 0.0246. The van der Waals surface area contributed by atoms with E-state index in [-0.39, 0.29) is 35.8 Å². The molecule has 0 bridgehead atoms. The molecule has 750 valence electrons. The van der Waals surface area contributed by atoms with Crippen molar-refractivity contribution in [2.75, 3.05) is 39.6 Å². The molecule has 0 fully saturated rings. The van der Waals surface area contributed by atoms with Crippen molar-refractivity contribution in [2.45, 2.75) is 516 Å². The van der Waals surface area contributed by atoms with Crippen LogP contribution in [0.2, 0.25) is 0 Å². The number of esters is 6. The minimum absolute atomic E-state index is 0.0104. The van der Waals surface area contributed by atoms with E-state index in [2.05, 4.69) is 123 Å². The lowest BCUT2D eigenvalue weighted by Crippen LogP contribution is -2.08. The van der Waals surface area contributed by atoms with E-state index in [1.54, 1.807) is 0 Å². The Labute approximate surface area is 799 Å². The Bertz CT molecular complexity index is 2480. The molecular formula is C117H210O12. The van der Waals surface area contributed by atoms with Gasteiger partial charge in [-0.15, -0.1) is 59.2 Å². The zero-order valence-electron chi connectivity index (χ0n) is 85.5. The molecule has 0 aromatic rings. The van der Waals surface area contributed by atoms with Crippen molar-refractivity contribution in [3.63, 3.8) is 0 Å². The molecule has 0 saturated carbocycles. The number of allylic oxidation sites excluding steroid dienone is 15. The molecule has 12 nitrogen and oxygen atoms in total. The Morgan fingerprint density at radius 1 is 0.209 bits per heavy atom. The highest BCUT2D eigenvalue weighted by molar-refractivity contribution is 5.71. The fraction of sp³-hybridized carbons (Fsp3) is 0.744. The van der Waals surface area contributed by atoms with Crippen LogP contribution in [0.5, 0.6) is 0 Å². The number of hydrogen-bond donors (Lipinski definition) is 0. The Kier molecular flexibility index (Phi) is 132. The highest BCUT2D eigenvalue weighted by Crippen LogP contribution is 2.18. The van der Waals surface area contributed by atoms with Gasteiger partial charge in [0.15, 0.2) is 0 Å². The van der Waals surface area contributed by atoms with E-state index in [9.17, 15) is 28.8 Å². The van der Waals surface area contributed by atoms with Gasteiger partial charge in [-0.05, 0) is 250 Å². The number of hydrogen-bond acceptors (Lipinski definition) is 12. The first-order valence-electron chi connectivity index (χ1n) is 53.6. The number of carbonyl (C=O) groups is 6. The van der Waals surface area contributed by atoms with E-state index in [1.807, 2.05) is 54.7 Å². The van der Waals surface area contributed by atoms with Gasteiger partial charge in [-0.3, -0.25) is 28.8 Å². The van der Waals surface area contributed by atoms with Gasteiger partial charge < -0.3 is 28.4 Å². The molecule has 0 aromatic heterocycles. The van der Waals surface area contributed by atoms with Crippen LogP contribution in [0.25, 0.3) is 0 Å². The van der Waals surface area contributed by atoms with Crippen molar-refractivity contribution in [1.29, 1.82) is 0 Å². The standard InChI is InChI=1S/C26H48O2.C20H36O2.C19H34O2.C18H32O2.2C17H30O2/c1-3-5-7-9-11-12-13-14-15-16-17-18-19-20-22-24-26(27)28-25-23-21-10-8-6-4-2;1-3-5-7-9-11-12-13-14-16-18-20(21)22-19-17-15-10-8-6-4-2;1-3-5-7-9-11-12-13-15-17-19(20)21-18-16-14-10-8-6-4-2;1-3-5-7-9-11-12-14-16-18(19)20-17-15-13-10-8-6-4-2;1-4-6-7-8-9-10-11-13-17(18)19-15-14-16(3)12-5-2;1-3-5-7-8-9-10-11-12-13-15-17(18)19-16-14-6-4-2/h4,14-15H,2-3,5-13,16-25H2,1H3;4-5,7H,2-3,6,8-19H2,1H3;3-5H,2,6-18H2,1H3;3-4H,1-2,5-17H2;4-5,16H,1-2,6-15H2,3H3;3-4H,1-2,5-16H2/b15-14-;7-5+;5-3+;;;. The Balaban J connectivity index is -0.000000354. The maximum Gasteiger partial charge on any atom is 0.305 e. The second-order valence-electron chi connectivity index (χ2n) is 35.0. The van der Waals surface area contributed by atoms with Gasteiger partial charge in [-0.2, -0.15) is 0 Å². The van der Waals surface area contributed by atoms with Crippen molar-refractivity contribution in [2.24, 2.45) is 5.92 Å². The Hall–Kier alpha value is -6.30. The molecular weight excluding hydrogens is 1600 g/mol. The molecule has 1 atom stereocenters. The van der Waals surface area contributed by atoms with E-state index in [0.29, 0.717) is 84.1 Å². The molecule has 0 radical (unpaired) electrons. The van der Waals surface area contributed by atoms with Crippen molar-refractivity contribution in [3.8, 4) is 0 Å². The third-order valence-electron chi connectivity index (χ3n) is 22.2. The minimum atomic E-state index is -0.0463. The summed E-state index contributed by atoms with van der Waals surface area (Å²) in [6, 6.07) is 0. The summed E-state index contributed by atoms with van der Waals surface area (Å²) in [6.07, 6.45) is 116. The van der Waals surface area contributed by atoms with Crippen LogP contribution in [-0.2, 0) is 57.2 Å². The average Bonchev–Trinajstić information content (AvgIpc) is 1.03. The van der Waals surface area contributed by atoms with Crippen LogP contribution in [0.15, 0.2) is 150 Å². The molecule has 0 aliphatic heterocycles. The fourth-order valence-electron chi connectivity index (χ4n) is 13.9. The molecule has 0 aliphatic rings. The maximum atomic E-state index is 11.7. The number of unbranched alkanes of at least 4 members (excludes halogenated alkanes) is 55. The molecule has 1 unspecified atom stereocenters. The van der Waals surface area contributed by atoms with Gasteiger partial charge in [0.25, 0.3) is 0 Å². The summed E-state index contributed by atoms with van der Waals surface area (Å²) in [5.74, 6) is 0.389. The molecule has 0 amide bonds. The zero-order chi connectivity index (χ0) is 95.9. The van der Waals surface area contributed by atoms with Gasteiger partial charge in [0.1, 0.15) is 0 Å². The topological polar surface area (TPSA) is 158 Å². The van der Waals surface area contributed by atoms with Gasteiger partial charge in [-0.1, -0.05) is 324 Å². The largest absolute Gasteiger partial charge is 0.466 e. The summed E-state index contributed by atoms with van der Waals surface area (Å²) < 4.78 is 31.4. The second-order valence-corrected chi connectivity index (χ2v) is 35.0. The van der Waals surface area contributed by atoms with Crippen LogP contribution in [0.3, 0.4) is 0 Å². The van der Waals surface area contributed by atoms with Crippen LogP contribution in [-0.4, -0.2) is 75.5 Å². The average molecular weight is 1810 g/mol. The molecule has 0 aromatic carbocycles. The van der Waals surface area contributed by atoms with Gasteiger partial charge in [0.05, 0.1) is 39.6 Å². The third-order valence-corrected chi connectivity index (χ3v) is 22.2. The Morgan fingerprint density at radius 2 is 0.395 bits per heavy atom. The van der Waals surface area contributed by atoms with Crippen molar-refractivity contribution < 1.29 is 57.2 Å². The number of rotatable bonds is 95. The van der Waals surface area contributed by atoms with E-state index in [1.165, 1.54) is 244 Å². The Morgan fingerprint density at radius 3 is 0.620 bits per heavy atom. The van der Waals surface area contributed by atoms with Gasteiger partial charge in [-0.25, -0.2) is 0 Å². The van der Waals surface area contributed by atoms with Crippen LogP contribution >= 0.6 is 0 Å². The number of ether oxygens (including phenoxy) is 6. The van der Waals surface area contributed by atoms with Crippen molar-refractivity contribution in [3.05, 3.63) is 150 Å². The molecule has 129 heavy (non-hydrogen) atoms. The summed E-state index contributed by atoms with van der Waals surface area (Å²) >= 11 is 0. The van der Waals surface area contributed by atoms with Gasteiger partial charge in [0, 0.05) is 38.5 Å². The molecule has 0 spiro atoms. The highest BCUT2D eigenvalue weighted by atomic mass is 16.5. The van der Waals surface area contributed by atoms with E-state index >= 15 is 0 Å². The van der Waals surface area contributed by atoms with E-state index < -0.39 is 0 Å². The van der Waals surface area contributed by atoms with Crippen LogP contribution in [0, 0.1) is 5.92 Å². The monoisotopic (exact) mass is 1810 g/mol. The van der Waals surface area contributed by atoms with Gasteiger partial charge in [0.2, 0.25) is 0 Å². The minimum Gasteiger partial charge on any atom is -0.466 e. The zero-order valence-corrected chi connectivity index (χ0v) is 85.5. The molecule has 0 aliphatic carbocycles. The predicted octanol–water partition coefficient (Wildman–Crippen LogP) is 36.9. The van der Waals surface area contributed by atoms with Crippen molar-refractivity contribution >= 4 is 35.8 Å². The lowest BCUT2D eigenvalue weighted by Gasteiger charge is -2.09. The van der Waals surface area contributed by atoms with Crippen LogP contribution in [0.1, 0.15) is 516 Å². The first-order chi connectivity index (χ1) is 63.2. The lowest BCUT2D eigenvalue weighted by atomic mass is 10.1. The van der Waals surface area contributed by atoms with E-state index in [4.69, 9.17) is 28.4 Å². The molecule has 0 rings (SSSR count). The second kappa shape index (κ2) is 128. The summed E-state index contributed by atoms with van der Waals surface area (Å²) in [5, 5.41) is 0. The van der Waals surface area contributed by atoms with Crippen molar-refractivity contribution in [1.82, 2.24) is 0 Å². The summed E-state index contributed by atoms with van der Waals surface area (Å²) in [6.45, 7) is 45.4. The summed E-state index contributed by atoms with van der Waals surface area (Å²) in [5.41, 5.74) is 0. The SMILES string of the molecule is C=CCCCCCCCC(=O)OCCC(C)CC=C.C=CCCCCCCCC(=O)OCCCCCCC=C.C=CCCCCCCCCCC(=O)OCCCC=C.C=CCCCCCCOC(=O)CCCCCCC/C=C/C.C=CCCCCCCOC(=O)CCCCCCC/C=C/CC.C=CCCCCCCOC(=O)CCCCCCC/C=C\CCCCCCCC. The normalized spacial score (nSPS) is 10.9. The van der Waals surface area contributed by atoms with Gasteiger partial charge >= 0.3 is 35.8 Å². The highest BCUT2D eigenvalue weighted by Gasteiger charge is 2.10. The van der Waals surface area contributed by atoms with Crippen LogP contribution in [0.4, 0.5) is 0 Å². The van der Waals surface area contributed by atoms with Crippen LogP contribution < -0.4 is 0 Å². The summed E-state index contributed by atoms with van der Waals surface area (Å²) in [4.78, 5) is 69.0. The molecule has 0 N–H and O–H groups in total. The lowest BCUT2D eigenvalue weighted by molar-refractivity contribution is -0.145. The molecule has 0 heterocycles.